The highest BCUT2D eigenvalue weighted by Gasteiger charge is 2.34. The number of para-hydroxylation sites is 1. The summed E-state index contributed by atoms with van der Waals surface area (Å²) in [5.41, 5.74) is 3.66. The number of urea groups is 1. The van der Waals surface area contributed by atoms with Crippen LogP contribution in [0.2, 0.25) is 0 Å². The van der Waals surface area contributed by atoms with Gasteiger partial charge in [-0.2, -0.15) is 0 Å². The van der Waals surface area contributed by atoms with Crippen LogP contribution >= 0.6 is 0 Å². The summed E-state index contributed by atoms with van der Waals surface area (Å²) in [6, 6.07) is 19.3. The molecule has 0 radical (unpaired) electrons. The molecular weight excluding hydrogens is 310 g/mol. The van der Waals surface area contributed by atoms with Gasteiger partial charge in [0.1, 0.15) is 0 Å². The van der Waals surface area contributed by atoms with Gasteiger partial charge in [0.15, 0.2) is 0 Å². The van der Waals surface area contributed by atoms with Crippen molar-refractivity contribution in [1.29, 1.82) is 0 Å². The Hall–Kier alpha value is -2.33. The van der Waals surface area contributed by atoms with Crippen molar-refractivity contribution in [3.8, 4) is 0 Å². The van der Waals surface area contributed by atoms with Crippen molar-refractivity contribution in [3.05, 3.63) is 65.7 Å². The molecule has 2 aromatic rings. The summed E-state index contributed by atoms with van der Waals surface area (Å²) >= 11 is 0. The summed E-state index contributed by atoms with van der Waals surface area (Å²) in [4.78, 5) is 19.2. The average molecular weight is 335 g/mol. The van der Waals surface area contributed by atoms with Crippen molar-refractivity contribution < 1.29 is 4.79 Å². The minimum absolute atomic E-state index is 0.139. The second-order valence-electron chi connectivity index (χ2n) is 7.09. The van der Waals surface area contributed by atoms with Gasteiger partial charge in [0.25, 0.3) is 0 Å². The highest BCUT2D eigenvalue weighted by Crippen LogP contribution is 2.30. The first-order valence-corrected chi connectivity index (χ1v) is 9.11. The van der Waals surface area contributed by atoms with Crippen molar-refractivity contribution in [2.75, 3.05) is 25.0 Å². The van der Waals surface area contributed by atoms with E-state index in [9.17, 15) is 4.79 Å². The van der Waals surface area contributed by atoms with Gasteiger partial charge in [-0.05, 0) is 30.0 Å². The maximum absolute atomic E-state index is 12.8. The zero-order valence-electron chi connectivity index (χ0n) is 14.8. The van der Waals surface area contributed by atoms with Gasteiger partial charge in [-0.1, -0.05) is 48.5 Å². The molecule has 0 spiro atoms. The number of hydrogen-bond donors (Lipinski definition) is 0. The van der Waals surface area contributed by atoms with Gasteiger partial charge in [0, 0.05) is 39.3 Å². The number of benzene rings is 2. The number of carbonyl (C=O) groups excluding carboxylic acids is 1. The van der Waals surface area contributed by atoms with Crippen LogP contribution in [0, 0.1) is 0 Å². The fourth-order valence-electron chi connectivity index (χ4n) is 4.03. The fraction of sp³-hybridized carbons (Fsp3) is 0.381. The summed E-state index contributed by atoms with van der Waals surface area (Å²) in [5, 5.41) is 0. The van der Waals surface area contributed by atoms with Gasteiger partial charge in [-0.25, -0.2) is 4.79 Å². The Balaban J connectivity index is 1.40. The van der Waals surface area contributed by atoms with Gasteiger partial charge < -0.3 is 4.90 Å². The zero-order chi connectivity index (χ0) is 17.2. The monoisotopic (exact) mass is 335 g/mol. The molecule has 4 heteroatoms. The minimum atomic E-state index is 0.139. The molecule has 0 aliphatic carbocycles. The first kappa shape index (κ1) is 16.2. The third kappa shape index (κ3) is 3.27. The van der Waals surface area contributed by atoms with Crippen molar-refractivity contribution >= 4 is 11.7 Å². The van der Waals surface area contributed by atoms with E-state index >= 15 is 0 Å². The number of nitrogens with zero attached hydrogens (tertiary/aromatic N) is 3. The Bertz CT molecular complexity index is 738. The number of carbonyl (C=O) groups is 1. The van der Waals surface area contributed by atoms with E-state index < -0.39 is 0 Å². The molecule has 4 nitrogen and oxygen atoms in total. The molecule has 25 heavy (non-hydrogen) atoms. The number of hydrogen-bond acceptors (Lipinski definition) is 2. The Morgan fingerprint density at radius 1 is 0.960 bits per heavy atom. The number of piperidine rings is 1. The molecule has 0 saturated carbocycles. The van der Waals surface area contributed by atoms with Crippen molar-refractivity contribution in [2.24, 2.45) is 0 Å². The van der Waals surface area contributed by atoms with Crippen LogP contribution in [0.1, 0.15) is 24.0 Å². The molecule has 1 saturated heterocycles. The van der Waals surface area contributed by atoms with Crippen molar-refractivity contribution in [1.82, 2.24) is 9.80 Å². The number of fused-ring (bicyclic) bond motifs is 1. The van der Waals surface area contributed by atoms with E-state index in [4.69, 9.17) is 0 Å². The topological polar surface area (TPSA) is 26.8 Å². The first-order chi connectivity index (χ1) is 12.2. The number of rotatable bonds is 3. The Kier molecular flexibility index (Phi) is 4.45. The Labute approximate surface area is 149 Å². The lowest BCUT2D eigenvalue weighted by Gasteiger charge is -2.43. The standard InChI is InChI=1S/C21H25N3O/c1-22-20-10-6-5-9-18(20)16-24(21(22)25)19-11-13-23(14-12-19)15-17-7-3-2-4-8-17/h2-10,19H,11-16H2,1H3. The molecule has 2 aliphatic heterocycles. The van der Waals surface area contributed by atoms with Crippen LogP contribution in [-0.4, -0.2) is 42.0 Å². The quantitative estimate of drug-likeness (QED) is 0.855. The van der Waals surface area contributed by atoms with E-state index in [0.717, 1.165) is 44.7 Å². The molecule has 2 aromatic carbocycles. The third-order valence-electron chi connectivity index (χ3n) is 5.47. The molecule has 2 aliphatic rings. The van der Waals surface area contributed by atoms with Crippen LogP contribution in [0.15, 0.2) is 54.6 Å². The molecule has 2 amide bonds. The molecule has 2 heterocycles. The average Bonchev–Trinajstić information content (AvgIpc) is 2.66. The summed E-state index contributed by atoms with van der Waals surface area (Å²) < 4.78 is 0. The molecule has 0 atom stereocenters. The van der Waals surface area contributed by atoms with Gasteiger partial charge in [0.05, 0.1) is 5.69 Å². The summed E-state index contributed by atoms with van der Waals surface area (Å²) in [6.07, 6.45) is 2.10. The summed E-state index contributed by atoms with van der Waals surface area (Å²) in [5.74, 6) is 0. The van der Waals surface area contributed by atoms with Gasteiger partial charge in [-0.15, -0.1) is 0 Å². The van der Waals surface area contributed by atoms with E-state index in [1.54, 1.807) is 4.90 Å². The second kappa shape index (κ2) is 6.89. The summed E-state index contributed by atoms with van der Waals surface area (Å²) in [6.45, 7) is 3.84. The zero-order valence-corrected chi connectivity index (χ0v) is 14.8. The molecule has 0 N–H and O–H groups in total. The molecule has 4 rings (SSSR count). The molecule has 0 aromatic heterocycles. The molecule has 0 bridgehead atoms. The van der Waals surface area contributed by atoms with Crippen LogP contribution in [0.25, 0.3) is 0 Å². The van der Waals surface area contributed by atoms with E-state index in [0.29, 0.717) is 6.04 Å². The SMILES string of the molecule is CN1C(=O)N(C2CCN(Cc3ccccc3)CC2)Cc2ccccc21. The van der Waals surface area contributed by atoms with E-state index in [1.165, 1.54) is 11.1 Å². The van der Waals surface area contributed by atoms with Crippen LogP contribution in [0.5, 0.6) is 0 Å². The van der Waals surface area contributed by atoms with Gasteiger partial charge >= 0.3 is 6.03 Å². The predicted octanol–water partition coefficient (Wildman–Crippen LogP) is 3.72. The molecular formula is C21H25N3O. The van der Waals surface area contributed by atoms with Crippen LogP contribution in [-0.2, 0) is 13.1 Å². The van der Waals surface area contributed by atoms with E-state index in [-0.39, 0.29) is 6.03 Å². The predicted molar refractivity (Wildman–Crippen MR) is 101 cm³/mol. The fourth-order valence-corrected chi connectivity index (χ4v) is 4.03. The molecule has 0 unspecified atom stereocenters. The lowest BCUT2D eigenvalue weighted by molar-refractivity contribution is 0.115. The van der Waals surface area contributed by atoms with Crippen LogP contribution in [0.4, 0.5) is 10.5 Å². The van der Waals surface area contributed by atoms with E-state index in [2.05, 4.69) is 52.3 Å². The van der Waals surface area contributed by atoms with E-state index in [1.807, 2.05) is 19.2 Å². The second-order valence-corrected chi connectivity index (χ2v) is 7.09. The summed E-state index contributed by atoms with van der Waals surface area (Å²) in [7, 11) is 1.89. The Morgan fingerprint density at radius 2 is 1.64 bits per heavy atom. The Morgan fingerprint density at radius 3 is 2.40 bits per heavy atom. The minimum Gasteiger partial charge on any atom is -0.317 e. The van der Waals surface area contributed by atoms with Gasteiger partial charge in [-0.3, -0.25) is 9.80 Å². The first-order valence-electron chi connectivity index (χ1n) is 9.11. The maximum Gasteiger partial charge on any atom is 0.324 e. The largest absolute Gasteiger partial charge is 0.324 e. The highest BCUT2D eigenvalue weighted by atomic mass is 16.2. The van der Waals surface area contributed by atoms with Crippen molar-refractivity contribution in [3.63, 3.8) is 0 Å². The smallest absolute Gasteiger partial charge is 0.317 e. The number of amides is 2. The lowest BCUT2D eigenvalue weighted by Crippen LogP contribution is -2.53. The highest BCUT2D eigenvalue weighted by molar-refractivity contribution is 5.94. The number of anilines is 1. The van der Waals surface area contributed by atoms with Gasteiger partial charge in [0.2, 0.25) is 0 Å². The van der Waals surface area contributed by atoms with Crippen molar-refractivity contribution in [2.45, 2.75) is 32.0 Å². The maximum atomic E-state index is 12.8. The lowest BCUT2D eigenvalue weighted by atomic mass is 10.00. The third-order valence-corrected chi connectivity index (χ3v) is 5.47. The molecule has 1 fully saturated rings. The molecule has 130 valence electrons. The number of likely N-dealkylation sites (tertiary alicyclic amines) is 1. The van der Waals surface area contributed by atoms with Crippen LogP contribution < -0.4 is 4.90 Å². The van der Waals surface area contributed by atoms with Crippen LogP contribution in [0.3, 0.4) is 0 Å². The normalized spacial score (nSPS) is 19.2.